The van der Waals surface area contributed by atoms with Crippen LogP contribution in [0.4, 0.5) is 0 Å². The number of nitrogens with one attached hydrogen (secondary N) is 2. The Morgan fingerprint density at radius 2 is 2.09 bits per heavy atom. The molecule has 1 aliphatic heterocycles. The molecule has 0 aliphatic carbocycles. The van der Waals surface area contributed by atoms with E-state index in [0.717, 1.165) is 10.6 Å². The van der Waals surface area contributed by atoms with E-state index >= 15 is 0 Å². The topological polar surface area (TPSA) is 83.3 Å². The number of aromatic nitrogens is 1. The Bertz CT molecular complexity index is 648. The largest absolute Gasteiger partial charge is 0.335 e. The van der Waals surface area contributed by atoms with E-state index in [1.165, 1.54) is 0 Å². The first kappa shape index (κ1) is 16.1. The van der Waals surface area contributed by atoms with Crippen molar-refractivity contribution in [3.63, 3.8) is 0 Å². The molecule has 1 aliphatic rings. The standard InChI is InChI=1S/C16H21N5OS/c1-10(15-18-8-9-23-15)21(2)16(22)13-12(14(17)20-19-13)11-6-4-3-5-7-11/h3-10,12-14,19-20H,17H2,1-2H3. The van der Waals surface area contributed by atoms with Gasteiger partial charge in [-0.1, -0.05) is 30.3 Å². The minimum atomic E-state index is -0.403. The van der Waals surface area contributed by atoms with Gasteiger partial charge in [-0.2, -0.15) is 0 Å². The number of thiazole rings is 1. The third-order valence-corrected chi connectivity index (χ3v) is 5.29. The third-order valence-electron chi connectivity index (χ3n) is 4.34. The van der Waals surface area contributed by atoms with Gasteiger partial charge in [0.25, 0.3) is 0 Å². The highest BCUT2D eigenvalue weighted by Crippen LogP contribution is 2.28. The lowest BCUT2D eigenvalue weighted by Crippen LogP contribution is -2.46. The summed E-state index contributed by atoms with van der Waals surface area (Å²) < 4.78 is 0. The van der Waals surface area contributed by atoms with Gasteiger partial charge in [0.1, 0.15) is 11.0 Å². The molecule has 0 radical (unpaired) electrons. The predicted molar refractivity (Wildman–Crippen MR) is 90.5 cm³/mol. The van der Waals surface area contributed by atoms with Gasteiger partial charge in [-0.05, 0) is 12.5 Å². The van der Waals surface area contributed by atoms with E-state index in [0.29, 0.717) is 0 Å². The summed E-state index contributed by atoms with van der Waals surface area (Å²) in [6.45, 7) is 1.98. The Hall–Kier alpha value is -1.80. The van der Waals surface area contributed by atoms with Crippen molar-refractivity contribution in [2.45, 2.75) is 31.1 Å². The van der Waals surface area contributed by atoms with Crippen molar-refractivity contribution in [1.82, 2.24) is 20.7 Å². The summed E-state index contributed by atoms with van der Waals surface area (Å²) in [7, 11) is 1.81. The number of hydrogen-bond donors (Lipinski definition) is 3. The first-order valence-corrected chi connectivity index (χ1v) is 8.45. The smallest absolute Gasteiger partial charge is 0.242 e. The fourth-order valence-corrected chi connectivity index (χ4v) is 3.62. The monoisotopic (exact) mass is 331 g/mol. The van der Waals surface area contributed by atoms with E-state index in [2.05, 4.69) is 15.8 Å². The Kier molecular flexibility index (Phi) is 4.72. The Balaban J connectivity index is 1.80. The maximum Gasteiger partial charge on any atom is 0.242 e. The van der Waals surface area contributed by atoms with Crippen molar-refractivity contribution < 1.29 is 4.79 Å². The summed E-state index contributed by atoms with van der Waals surface area (Å²) in [5, 5.41) is 2.84. The Morgan fingerprint density at radius 3 is 2.74 bits per heavy atom. The molecule has 4 unspecified atom stereocenters. The van der Waals surface area contributed by atoms with Crippen LogP contribution in [0.5, 0.6) is 0 Å². The molecule has 4 N–H and O–H groups in total. The number of nitrogens with two attached hydrogens (primary N) is 1. The summed E-state index contributed by atoms with van der Waals surface area (Å²) in [6.07, 6.45) is 1.45. The van der Waals surface area contributed by atoms with E-state index in [1.54, 1.807) is 22.4 Å². The van der Waals surface area contributed by atoms with Gasteiger partial charge < -0.3 is 10.6 Å². The molecule has 0 spiro atoms. The highest BCUT2D eigenvalue weighted by atomic mass is 32.1. The number of amides is 1. The van der Waals surface area contributed by atoms with Gasteiger partial charge in [-0.25, -0.2) is 15.8 Å². The maximum absolute atomic E-state index is 13.0. The Labute approximate surface area is 139 Å². The summed E-state index contributed by atoms with van der Waals surface area (Å²) in [5.74, 6) is -0.114. The van der Waals surface area contributed by atoms with Crippen LogP contribution in [-0.2, 0) is 4.79 Å². The third kappa shape index (κ3) is 3.13. The van der Waals surface area contributed by atoms with Crippen molar-refractivity contribution in [3.05, 3.63) is 52.5 Å². The summed E-state index contributed by atoms with van der Waals surface area (Å²) in [5.41, 5.74) is 13.3. The zero-order valence-electron chi connectivity index (χ0n) is 13.1. The van der Waals surface area contributed by atoms with Gasteiger partial charge in [-0.3, -0.25) is 4.79 Å². The normalized spacial score (nSPS) is 25.3. The lowest BCUT2D eigenvalue weighted by Gasteiger charge is -2.29. The van der Waals surface area contributed by atoms with Gasteiger partial charge >= 0.3 is 0 Å². The first-order chi connectivity index (χ1) is 11.1. The Morgan fingerprint density at radius 1 is 1.35 bits per heavy atom. The van der Waals surface area contributed by atoms with Crippen molar-refractivity contribution in [1.29, 1.82) is 0 Å². The van der Waals surface area contributed by atoms with Crippen LogP contribution in [0.1, 0.15) is 29.5 Å². The van der Waals surface area contributed by atoms with Gasteiger partial charge in [0.2, 0.25) is 5.91 Å². The number of rotatable bonds is 4. The molecule has 2 aromatic rings. The van der Waals surface area contributed by atoms with E-state index in [1.807, 2.05) is 49.7 Å². The molecule has 1 aromatic heterocycles. The number of carbonyl (C=O) groups is 1. The van der Waals surface area contributed by atoms with Crippen LogP contribution in [0, 0.1) is 0 Å². The van der Waals surface area contributed by atoms with Crippen molar-refractivity contribution in [3.8, 4) is 0 Å². The molecule has 23 heavy (non-hydrogen) atoms. The molecule has 122 valence electrons. The second-order valence-electron chi connectivity index (χ2n) is 5.72. The minimum absolute atomic E-state index is 0.00185. The molecule has 3 rings (SSSR count). The van der Waals surface area contributed by atoms with Gasteiger partial charge in [0.05, 0.1) is 12.2 Å². The van der Waals surface area contributed by atoms with E-state index in [4.69, 9.17) is 5.73 Å². The average molecular weight is 331 g/mol. The zero-order chi connectivity index (χ0) is 16.4. The quantitative estimate of drug-likeness (QED) is 0.784. The molecule has 1 amide bonds. The SMILES string of the molecule is CC(c1nccs1)N(C)C(=O)C1NNC(N)C1c1ccccc1. The van der Waals surface area contributed by atoms with Crippen LogP contribution in [-0.4, -0.2) is 35.0 Å². The highest BCUT2D eigenvalue weighted by molar-refractivity contribution is 7.09. The molecule has 1 saturated heterocycles. The van der Waals surface area contributed by atoms with Crippen LogP contribution >= 0.6 is 11.3 Å². The summed E-state index contributed by atoms with van der Waals surface area (Å²) >= 11 is 1.55. The highest BCUT2D eigenvalue weighted by Gasteiger charge is 2.41. The molecule has 4 atom stereocenters. The molecule has 1 aromatic carbocycles. The number of likely N-dealkylation sites (N-methyl/N-ethyl adjacent to an activating group) is 1. The van der Waals surface area contributed by atoms with E-state index in [9.17, 15) is 4.79 Å². The lowest BCUT2D eigenvalue weighted by molar-refractivity contribution is -0.134. The number of hydrogen-bond acceptors (Lipinski definition) is 6. The van der Waals surface area contributed by atoms with Gasteiger partial charge in [0.15, 0.2) is 0 Å². The van der Waals surface area contributed by atoms with Crippen molar-refractivity contribution in [2.24, 2.45) is 5.73 Å². The number of carbonyl (C=O) groups excluding carboxylic acids is 1. The molecular formula is C16H21N5OS. The fourth-order valence-electron chi connectivity index (χ4n) is 2.88. The van der Waals surface area contributed by atoms with Gasteiger partial charge in [0, 0.05) is 24.5 Å². The van der Waals surface area contributed by atoms with Crippen molar-refractivity contribution >= 4 is 17.2 Å². The summed E-state index contributed by atoms with van der Waals surface area (Å²) in [4.78, 5) is 19.0. The molecule has 0 saturated carbocycles. The molecule has 6 nitrogen and oxygen atoms in total. The number of nitrogens with zero attached hydrogens (tertiary/aromatic N) is 2. The molecule has 0 bridgehead atoms. The van der Waals surface area contributed by atoms with E-state index in [-0.39, 0.29) is 24.0 Å². The number of benzene rings is 1. The van der Waals surface area contributed by atoms with Crippen LogP contribution in [0.15, 0.2) is 41.9 Å². The summed E-state index contributed by atoms with van der Waals surface area (Å²) in [6, 6.07) is 9.41. The molecule has 2 heterocycles. The van der Waals surface area contributed by atoms with Crippen LogP contribution in [0.25, 0.3) is 0 Å². The zero-order valence-corrected chi connectivity index (χ0v) is 14.0. The van der Waals surface area contributed by atoms with Crippen LogP contribution in [0.3, 0.4) is 0 Å². The molecular weight excluding hydrogens is 310 g/mol. The fraction of sp³-hybridized carbons (Fsp3) is 0.375. The average Bonchev–Trinajstić information content (AvgIpc) is 3.23. The van der Waals surface area contributed by atoms with Crippen LogP contribution in [0.2, 0.25) is 0 Å². The number of hydrazine groups is 1. The van der Waals surface area contributed by atoms with Crippen LogP contribution < -0.4 is 16.6 Å². The van der Waals surface area contributed by atoms with E-state index < -0.39 is 6.04 Å². The maximum atomic E-state index is 13.0. The molecule has 1 fully saturated rings. The van der Waals surface area contributed by atoms with Crippen molar-refractivity contribution in [2.75, 3.05) is 7.05 Å². The minimum Gasteiger partial charge on any atom is -0.335 e. The predicted octanol–water partition coefficient (Wildman–Crippen LogP) is 1.21. The lowest BCUT2D eigenvalue weighted by atomic mass is 9.90. The molecule has 7 heteroatoms. The second kappa shape index (κ2) is 6.76. The van der Waals surface area contributed by atoms with Gasteiger partial charge in [-0.15, -0.1) is 11.3 Å². The second-order valence-corrected chi connectivity index (χ2v) is 6.65. The first-order valence-electron chi connectivity index (χ1n) is 7.57.